The molecule has 5 nitrogen and oxygen atoms in total. The zero-order valence-electron chi connectivity index (χ0n) is 13.7. The fraction of sp³-hybridized carbons (Fsp3) is 0.222. The highest BCUT2D eigenvalue weighted by molar-refractivity contribution is 6.36. The first-order valence-corrected chi connectivity index (χ1v) is 8.49. The van der Waals surface area contributed by atoms with E-state index in [0.29, 0.717) is 33.5 Å². The lowest BCUT2D eigenvalue weighted by molar-refractivity contribution is -0.135. The molecule has 1 aliphatic heterocycles. The molecule has 3 rings (SSSR count). The summed E-state index contributed by atoms with van der Waals surface area (Å²) >= 11 is 12.2. The molecule has 1 unspecified atom stereocenters. The molecule has 0 saturated heterocycles. The van der Waals surface area contributed by atoms with Crippen molar-refractivity contribution >= 4 is 35.0 Å². The molecule has 1 atom stereocenters. The van der Waals surface area contributed by atoms with E-state index in [-0.39, 0.29) is 11.8 Å². The minimum atomic E-state index is -0.720. The van der Waals surface area contributed by atoms with Crippen molar-refractivity contribution in [2.75, 3.05) is 6.61 Å². The summed E-state index contributed by atoms with van der Waals surface area (Å²) < 4.78 is 11.6. The molecular formula is C18H16Cl2N2O3. The Kier molecular flexibility index (Phi) is 5.16. The van der Waals surface area contributed by atoms with Gasteiger partial charge < -0.3 is 9.47 Å². The summed E-state index contributed by atoms with van der Waals surface area (Å²) in [4.78, 5) is 12.1. The van der Waals surface area contributed by atoms with Crippen LogP contribution in [-0.2, 0) is 9.53 Å². The Morgan fingerprint density at radius 2 is 2.04 bits per heavy atom. The number of para-hydroxylation sites is 1. The van der Waals surface area contributed by atoms with Crippen molar-refractivity contribution in [3.05, 3.63) is 63.6 Å². The Morgan fingerprint density at radius 3 is 2.72 bits per heavy atom. The highest BCUT2D eigenvalue weighted by Gasteiger charge is 2.35. The second-order valence-corrected chi connectivity index (χ2v) is 6.18. The number of amides is 1. The molecule has 0 aliphatic carbocycles. The van der Waals surface area contributed by atoms with Crippen LogP contribution in [0.1, 0.15) is 31.2 Å². The van der Waals surface area contributed by atoms with Gasteiger partial charge >= 0.3 is 0 Å². The SMILES string of the molecule is CCOc1ccccc1C1OC(c2ccc(Cl)cc2Cl)=NN1C(C)=O. The van der Waals surface area contributed by atoms with Gasteiger partial charge in [-0.3, -0.25) is 4.79 Å². The summed E-state index contributed by atoms with van der Waals surface area (Å²) in [7, 11) is 0. The predicted molar refractivity (Wildman–Crippen MR) is 97.0 cm³/mol. The predicted octanol–water partition coefficient (Wildman–Crippen LogP) is 4.63. The number of rotatable bonds is 4. The number of nitrogens with zero attached hydrogens (tertiary/aromatic N) is 2. The van der Waals surface area contributed by atoms with Crippen molar-refractivity contribution in [3.63, 3.8) is 0 Å². The van der Waals surface area contributed by atoms with Crippen LogP contribution in [0.2, 0.25) is 10.0 Å². The van der Waals surface area contributed by atoms with Gasteiger partial charge in [0.25, 0.3) is 0 Å². The molecule has 130 valence electrons. The van der Waals surface area contributed by atoms with Crippen LogP contribution in [0.3, 0.4) is 0 Å². The number of hydrogen-bond donors (Lipinski definition) is 0. The van der Waals surface area contributed by atoms with E-state index in [0.717, 1.165) is 0 Å². The average molecular weight is 379 g/mol. The smallest absolute Gasteiger partial charge is 0.243 e. The Bertz CT molecular complexity index is 839. The molecule has 0 N–H and O–H groups in total. The van der Waals surface area contributed by atoms with Crippen molar-refractivity contribution in [2.24, 2.45) is 5.10 Å². The van der Waals surface area contributed by atoms with E-state index in [1.165, 1.54) is 11.9 Å². The highest BCUT2D eigenvalue weighted by Crippen LogP contribution is 2.36. The number of benzene rings is 2. The molecule has 2 aromatic carbocycles. The minimum absolute atomic E-state index is 0.253. The topological polar surface area (TPSA) is 51.1 Å². The molecule has 1 amide bonds. The molecule has 1 heterocycles. The molecule has 0 saturated carbocycles. The average Bonchev–Trinajstić information content (AvgIpc) is 3.01. The maximum atomic E-state index is 12.1. The fourth-order valence-electron chi connectivity index (χ4n) is 2.51. The summed E-state index contributed by atoms with van der Waals surface area (Å²) in [6, 6.07) is 12.4. The van der Waals surface area contributed by atoms with E-state index in [9.17, 15) is 4.79 Å². The molecule has 7 heteroatoms. The Morgan fingerprint density at radius 1 is 1.28 bits per heavy atom. The molecule has 0 radical (unpaired) electrons. The zero-order chi connectivity index (χ0) is 18.0. The highest BCUT2D eigenvalue weighted by atomic mass is 35.5. The van der Waals surface area contributed by atoms with Crippen LogP contribution < -0.4 is 4.74 Å². The molecule has 0 spiro atoms. The second kappa shape index (κ2) is 7.33. The standard InChI is InChI=1S/C18H16Cl2N2O3/c1-3-24-16-7-5-4-6-14(16)18-22(11(2)23)21-17(25-18)13-9-8-12(19)10-15(13)20/h4-10,18H,3H2,1-2H3. The van der Waals surface area contributed by atoms with Gasteiger partial charge in [0.1, 0.15) is 5.75 Å². The molecule has 0 bridgehead atoms. The number of ether oxygens (including phenoxy) is 2. The summed E-state index contributed by atoms with van der Waals surface area (Å²) in [5.74, 6) is 0.643. The van der Waals surface area contributed by atoms with Crippen LogP contribution in [0.25, 0.3) is 0 Å². The number of hydrogen-bond acceptors (Lipinski definition) is 4. The fourth-order valence-corrected chi connectivity index (χ4v) is 3.00. The summed E-state index contributed by atoms with van der Waals surface area (Å²) in [6.07, 6.45) is -0.720. The first-order valence-electron chi connectivity index (χ1n) is 7.73. The van der Waals surface area contributed by atoms with Gasteiger partial charge in [-0.05, 0) is 37.3 Å². The van der Waals surface area contributed by atoms with E-state index < -0.39 is 6.23 Å². The van der Waals surface area contributed by atoms with Gasteiger partial charge in [0, 0.05) is 11.9 Å². The van der Waals surface area contributed by atoms with E-state index in [1.807, 2.05) is 31.2 Å². The second-order valence-electron chi connectivity index (χ2n) is 5.33. The van der Waals surface area contributed by atoms with Crippen molar-refractivity contribution in [1.29, 1.82) is 0 Å². The van der Waals surface area contributed by atoms with Gasteiger partial charge in [0.2, 0.25) is 18.0 Å². The summed E-state index contributed by atoms with van der Waals surface area (Å²) in [5, 5.41) is 6.48. The first-order chi connectivity index (χ1) is 12.0. The van der Waals surface area contributed by atoms with Gasteiger partial charge in [0.05, 0.1) is 22.8 Å². The summed E-state index contributed by atoms with van der Waals surface area (Å²) in [6.45, 7) is 3.82. The van der Waals surface area contributed by atoms with Gasteiger partial charge in [-0.1, -0.05) is 35.3 Å². The van der Waals surface area contributed by atoms with E-state index >= 15 is 0 Å². The van der Waals surface area contributed by atoms with Crippen molar-refractivity contribution in [3.8, 4) is 5.75 Å². The molecule has 0 fully saturated rings. The molecule has 2 aromatic rings. The normalized spacial score (nSPS) is 16.4. The largest absolute Gasteiger partial charge is 0.493 e. The van der Waals surface area contributed by atoms with Crippen LogP contribution >= 0.6 is 23.2 Å². The zero-order valence-corrected chi connectivity index (χ0v) is 15.2. The number of hydrazone groups is 1. The lowest BCUT2D eigenvalue weighted by Gasteiger charge is -2.21. The minimum Gasteiger partial charge on any atom is -0.493 e. The molecule has 0 aromatic heterocycles. The summed E-state index contributed by atoms with van der Waals surface area (Å²) in [5.41, 5.74) is 1.28. The molecule has 25 heavy (non-hydrogen) atoms. The van der Waals surface area contributed by atoms with Crippen LogP contribution in [0.15, 0.2) is 47.6 Å². The van der Waals surface area contributed by atoms with Gasteiger partial charge in [-0.2, -0.15) is 5.01 Å². The van der Waals surface area contributed by atoms with Gasteiger partial charge in [-0.25, -0.2) is 0 Å². The molecular weight excluding hydrogens is 363 g/mol. The van der Waals surface area contributed by atoms with Crippen LogP contribution in [0.5, 0.6) is 5.75 Å². The third kappa shape index (κ3) is 3.57. The number of halogens is 2. The first kappa shape index (κ1) is 17.6. The van der Waals surface area contributed by atoms with Crippen LogP contribution in [-0.4, -0.2) is 23.4 Å². The third-order valence-electron chi connectivity index (χ3n) is 3.61. The van der Waals surface area contributed by atoms with Gasteiger partial charge in [0.15, 0.2) is 0 Å². The van der Waals surface area contributed by atoms with Crippen molar-refractivity contribution in [2.45, 2.75) is 20.1 Å². The van der Waals surface area contributed by atoms with Crippen LogP contribution in [0, 0.1) is 0 Å². The third-order valence-corrected chi connectivity index (χ3v) is 4.16. The number of carbonyl (C=O) groups is 1. The van der Waals surface area contributed by atoms with E-state index in [4.69, 9.17) is 32.7 Å². The van der Waals surface area contributed by atoms with Crippen molar-refractivity contribution < 1.29 is 14.3 Å². The Balaban J connectivity index is 1.99. The van der Waals surface area contributed by atoms with E-state index in [1.54, 1.807) is 18.2 Å². The maximum Gasteiger partial charge on any atom is 0.243 e. The van der Waals surface area contributed by atoms with Crippen LogP contribution in [0.4, 0.5) is 0 Å². The lowest BCUT2D eigenvalue weighted by atomic mass is 10.1. The Labute approximate surface area is 155 Å². The number of carbonyl (C=O) groups excluding carboxylic acids is 1. The van der Waals surface area contributed by atoms with Crippen molar-refractivity contribution in [1.82, 2.24) is 5.01 Å². The monoisotopic (exact) mass is 378 g/mol. The maximum absolute atomic E-state index is 12.1. The lowest BCUT2D eigenvalue weighted by Crippen LogP contribution is -2.25. The van der Waals surface area contributed by atoms with E-state index in [2.05, 4.69) is 5.10 Å². The Hall–Kier alpha value is -2.24. The quantitative estimate of drug-likeness (QED) is 0.778. The molecule has 1 aliphatic rings. The van der Waals surface area contributed by atoms with Gasteiger partial charge in [-0.15, -0.1) is 5.10 Å².